The van der Waals surface area contributed by atoms with Gasteiger partial charge in [0.25, 0.3) is 0 Å². The maximum Gasteiger partial charge on any atom is 0.233 e. The molecule has 0 saturated heterocycles. The molecule has 0 aliphatic carbocycles. The van der Waals surface area contributed by atoms with Crippen molar-refractivity contribution < 1.29 is 15.3 Å². The van der Waals surface area contributed by atoms with E-state index in [-0.39, 0.29) is 20.2 Å². The van der Waals surface area contributed by atoms with Gasteiger partial charge in [0.15, 0.2) is 0 Å². The maximum atomic E-state index is 9.59. The zero-order valence-electron chi connectivity index (χ0n) is 14.9. The molecule has 1 aromatic rings. The van der Waals surface area contributed by atoms with Crippen LogP contribution in [0.1, 0.15) is 40.0 Å². The van der Waals surface area contributed by atoms with E-state index in [2.05, 4.69) is 15.0 Å². The number of anilines is 3. The molecule has 1 heterocycles. The van der Waals surface area contributed by atoms with Crippen molar-refractivity contribution in [3.8, 4) is 0 Å². The number of nitrogens with zero attached hydrogens (tertiary/aromatic N) is 6. The van der Waals surface area contributed by atoms with E-state index in [0.717, 1.165) is 19.3 Å². The highest BCUT2D eigenvalue weighted by Crippen LogP contribution is 2.19. The SMILES string of the molecule is CCCN(CO)c1nc(N(CO)CCC)nc(N(CO)CCC)n1. The average Bonchev–Trinajstić information content (AvgIpc) is 2.61. The number of aromatic nitrogens is 3. The highest BCUT2D eigenvalue weighted by Gasteiger charge is 2.18. The summed E-state index contributed by atoms with van der Waals surface area (Å²) in [6.45, 7) is 7.15. The van der Waals surface area contributed by atoms with Crippen LogP contribution in [0.25, 0.3) is 0 Å². The molecule has 138 valence electrons. The lowest BCUT2D eigenvalue weighted by molar-refractivity contribution is 0.283. The normalized spacial score (nSPS) is 10.8. The van der Waals surface area contributed by atoms with Crippen molar-refractivity contribution >= 4 is 17.8 Å². The van der Waals surface area contributed by atoms with Crippen LogP contribution in [0.2, 0.25) is 0 Å². The molecular formula is C15H30N6O3. The Bertz CT molecular complexity index is 398. The molecular weight excluding hydrogens is 312 g/mol. The fourth-order valence-electron chi connectivity index (χ4n) is 2.28. The van der Waals surface area contributed by atoms with E-state index < -0.39 is 0 Å². The van der Waals surface area contributed by atoms with Crippen LogP contribution in [0, 0.1) is 0 Å². The Morgan fingerprint density at radius 1 is 0.583 bits per heavy atom. The second-order valence-corrected chi connectivity index (χ2v) is 5.45. The van der Waals surface area contributed by atoms with Crippen LogP contribution in [0.15, 0.2) is 0 Å². The van der Waals surface area contributed by atoms with Gasteiger partial charge in [-0.2, -0.15) is 15.0 Å². The average molecular weight is 342 g/mol. The Kier molecular flexibility index (Phi) is 9.28. The van der Waals surface area contributed by atoms with Crippen molar-refractivity contribution in [1.82, 2.24) is 15.0 Å². The summed E-state index contributed by atoms with van der Waals surface area (Å²) in [5, 5.41) is 28.8. The van der Waals surface area contributed by atoms with Crippen molar-refractivity contribution in [3.63, 3.8) is 0 Å². The first kappa shape index (κ1) is 20.3. The molecule has 0 spiro atoms. The fraction of sp³-hybridized carbons (Fsp3) is 0.800. The standard InChI is InChI=1S/C15H30N6O3/c1-4-7-19(10-22)13-16-14(20(11-23)8-5-2)18-15(17-13)21(12-24)9-6-3/h22-24H,4-12H2,1-3H3. The predicted molar refractivity (Wildman–Crippen MR) is 94.0 cm³/mol. The lowest BCUT2D eigenvalue weighted by atomic mass is 10.4. The minimum atomic E-state index is -0.212. The lowest BCUT2D eigenvalue weighted by Gasteiger charge is -2.26. The summed E-state index contributed by atoms with van der Waals surface area (Å²) < 4.78 is 0. The topological polar surface area (TPSA) is 109 Å². The van der Waals surface area contributed by atoms with Gasteiger partial charge in [-0.05, 0) is 19.3 Å². The van der Waals surface area contributed by atoms with E-state index in [1.165, 1.54) is 0 Å². The molecule has 3 N–H and O–H groups in total. The fourth-order valence-corrected chi connectivity index (χ4v) is 2.28. The Balaban J connectivity index is 3.31. The largest absolute Gasteiger partial charge is 0.376 e. The number of aliphatic hydroxyl groups is 3. The van der Waals surface area contributed by atoms with E-state index in [0.29, 0.717) is 37.5 Å². The van der Waals surface area contributed by atoms with Crippen LogP contribution in [-0.4, -0.2) is 70.1 Å². The maximum absolute atomic E-state index is 9.59. The smallest absolute Gasteiger partial charge is 0.233 e. The second kappa shape index (κ2) is 11.0. The molecule has 9 heteroatoms. The van der Waals surface area contributed by atoms with Crippen molar-refractivity contribution in [1.29, 1.82) is 0 Å². The zero-order valence-corrected chi connectivity index (χ0v) is 14.9. The first-order chi connectivity index (χ1) is 11.6. The number of rotatable bonds is 12. The van der Waals surface area contributed by atoms with E-state index in [9.17, 15) is 15.3 Å². The summed E-state index contributed by atoms with van der Waals surface area (Å²) in [6, 6.07) is 0. The van der Waals surface area contributed by atoms with E-state index in [1.54, 1.807) is 14.7 Å². The molecule has 24 heavy (non-hydrogen) atoms. The summed E-state index contributed by atoms with van der Waals surface area (Å²) in [5.41, 5.74) is 0. The van der Waals surface area contributed by atoms with Gasteiger partial charge in [-0.1, -0.05) is 20.8 Å². The zero-order chi connectivity index (χ0) is 17.9. The highest BCUT2D eigenvalue weighted by molar-refractivity contribution is 5.46. The minimum Gasteiger partial charge on any atom is -0.376 e. The summed E-state index contributed by atoms with van der Waals surface area (Å²) in [4.78, 5) is 18.1. The van der Waals surface area contributed by atoms with Gasteiger partial charge in [-0.15, -0.1) is 0 Å². The molecule has 0 atom stereocenters. The number of hydrogen-bond donors (Lipinski definition) is 3. The third kappa shape index (κ3) is 5.43. The Hall–Kier alpha value is -1.71. The van der Waals surface area contributed by atoms with E-state index in [1.807, 2.05) is 20.8 Å². The van der Waals surface area contributed by atoms with Gasteiger partial charge < -0.3 is 30.0 Å². The Morgan fingerprint density at radius 3 is 1.00 bits per heavy atom. The summed E-state index contributed by atoms with van der Waals surface area (Å²) in [7, 11) is 0. The van der Waals surface area contributed by atoms with Gasteiger partial charge >= 0.3 is 0 Å². The molecule has 0 unspecified atom stereocenters. The van der Waals surface area contributed by atoms with E-state index in [4.69, 9.17) is 0 Å². The predicted octanol–water partition coefficient (Wildman–Crippen LogP) is 0.370. The van der Waals surface area contributed by atoms with Gasteiger partial charge in [0.05, 0.1) is 0 Å². The highest BCUT2D eigenvalue weighted by atomic mass is 16.3. The van der Waals surface area contributed by atoms with E-state index >= 15 is 0 Å². The number of aliphatic hydroxyl groups excluding tert-OH is 3. The number of hydrogen-bond acceptors (Lipinski definition) is 9. The molecule has 0 amide bonds. The molecule has 0 aromatic carbocycles. The summed E-state index contributed by atoms with van der Waals surface area (Å²) >= 11 is 0. The Labute approximate surface area is 143 Å². The molecule has 0 saturated carbocycles. The van der Waals surface area contributed by atoms with Gasteiger partial charge in [-0.25, -0.2) is 0 Å². The van der Waals surface area contributed by atoms with Crippen molar-refractivity contribution in [3.05, 3.63) is 0 Å². The van der Waals surface area contributed by atoms with Gasteiger partial charge in [-0.3, -0.25) is 0 Å². The molecule has 1 rings (SSSR count). The van der Waals surface area contributed by atoms with Gasteiger partial charge in [0, 0.05) is 19.6 Å². The van der Waals surface area contributed by atoms with Gasteiger partial charge in [0.2, 0.25) is 17.8 Å². The van der Waals surface area contributed by atoms with Crippen molar-refractivity contribution in [2.75, 3.05) is 54.5 Å². The molecule has 0 bridgehead atoms. The molecule has 9 nitrogen and oxygen atoms in total. The quantitative estimate of drug-likeness (QED) is 0.464. The molecule has 0 radical (unpaired) electrons. The van der Waals surface area contributed by atoms with Crippen molar-refractivity contribution in [2.24, 2.45) is 0 Å². The third-order valence-electron chi connectivity index (χ3n) is 3.44. The van der Waals surface area contributed by atoms with Crippen LogP contribution < -0.4 is 14.7 Å². The molecule has 0 aliphatic rings. The third-order valence-corrected chi connectivity index (χ3v) is 3.44. The summed E-state index contributed by atoms with van der Waals surface area (Å²) in [5.74, 6) is 1.01. The minimum absolute atomic E-state index is 0.212. The van der Waals surface area contributed by atoms with Crippen molar-refractivity contribution in [2.45, 2.75) is 40.0 Å². The molecule has 0 aliphatic heterocycles. The van der Waals surface area contributed by atoms with Gasteiger partial charge in [0.1, 0.15) is 20.2 Å². The van der Waals surface area contributed by atoms with Crippen LogP contribution in [-0.2, 0) is 0 Å². The molecule has 1 aromatic heterocycles. The monoisotopic (exact) mass is 342 g/mol. The first-order valence-corrected chi connectivity index (χ1v) is 8.48. The second-order valence-electron chi connectivity index (χ2n) is 5.45. The Morgan fingerprint density at radius 2 is 0.833 bits per heavy atom. The van der Waals surface area contributed by atoms with Crippen LogP contribution in [0.5, 0.6) is 0 Å². The first-order valence-electron chi connectivity index (χ1n) is 8.48. The van der Waals surface area contributed by atoms with Crippen LogP contribution >= 0.6 is 0 Å². The summed E-state index contributed by atoms with van der Waals surface area (Å²) in [6.07, 6.45) is 2.48. The van der Waals surface area contributed by atoms with Crippen LogP contribution in [0.4, 0.5) is 17.8 Å². The molecule has 0 fully saturated rings. The lowest BCUT2D eigenvalue weighted by Crippen LogP contribution is -2.34. The van der Waals surface area contributed by atoms with Crippen LogP contribution in [0.3, 0.4) is 0 Å².